The molecule has 1 aliphatic rings. The molecule has 0 unspecified atom stereocenters. The lowest BCUT2D eigenvalue weighted by Crippen LogP contribution is -2.33. The van der Waals surface area contributed by atoms with Crippen LogP contribution in [-0.2, 0) is 13.1 Å². The van der Waals surface area contributed by atoms with E-state index in [-0.39, 0.29) is 0 Å². The molecule has 2 heterocycles. The van der Waals surface area contributed by atoms with Gasteiger partial charge in [-0.05, 0) is 28.8 Å². The molecule has 1 N–H and O–H groups in total. The van der Waals surface area contributed by atoms with Crippen molar-refractivity contribution in [1.29, 1.82) is 0 Å². The predicted octanol–water partition coefficient (Wildman–Crippen LogP) is 2.74. The zero-order chi connectivity index (χ0) is 14.2. The van der Waals surface area contributed by atoms with Gasteiger partial charge in [-0.3, -0.25) is 4.90 Å². The van der Waals surface area contributed by atoms with Crippen molar-refractivity contribution >= 4 is 22.8 Å². The smallest absolute Gasteiger partial charge is 0.105 e. The molecule has 1 atom stereocenters. The van der Waals surface area contributed by atoms with Crippen molar-refractivity contribution in [2.75, 3.05) is 6.54 Å². The number of hydrogen-bond acceptors (Lipinski definition) is 5. The van der Waals surface area contributed by atoms with Gasteiger partial charge in [0.05, 0.1) is 17.8 Å². The van der Waals surface area contributed by atoms with E-state index in [1.807, 2.05) is 24.3 Å². The monoisotopic (exact) mass is 297 g/mol. The van der Waals surface area contributed by atoms with Crippen molar-refractivity contribution in [3.05, 3.63) is 59.2 Å². The summed E-state index contributed by atoms with van der Waals surface area (Å²) in [6.45, 7) is 2.36. The number of β-amino-alcohol motifs (C(OH)–C–C–N with tert-alkyl or cyclic N) is 1. The van der Waals surface area contributed by atoms with E-state index in [0.717, 1.165) is 29.7 Å². The average Bonchev–Trinajstić information content (AvgIpc) is 2.95. The van der Waals surface area contributed by atoms with Gasteiger partial charge in [0.2, 0.25) is 0 Å². The molecule has 1 aromatic heterocycles. The van der Waals surface area contributed by atoms with Crippen LogP contribution in [0, 0.1) is 0 Å². The minimum Gasteiger partial charge on any atom is -0.387 e. The molecule has 0 saturated carbocycles. The molecule has 0 aliphatic carbocycles. The minimum atomic E-state index is -0.403. The lowest BCUT2D eigenvalue weighted by molar-refractivity contribution is 0.0882. The van der Waals surface area contributed by atoms with Gasteiger partial charge in [0.15, 0.2) is 0 Å². The van der Waals surface area contributed by atoms with E-state index in [0.29, 0.717) is 6.54 Å². The van der Waals surface area contributed by atoms with Gasteiger partial charge in [-0.25, -0.2) is 0 Å². The maximum Gasteiger partial charge on any atom is 0.105 e. The average molecular weight is 297 g/mol. The van der Waals surface area contributed by atoms with Gasteiger partial charge in [-0.15, -0.1) is 0 Å². The summed E-state index contributed by atoms with van der Waals surface area (Å²) in [5.41, 5.74) is 5.39. The van der Waals surface area contributed by atoms with Crippen molar-refractivity contribution < 1.29 is 5.11 Å². The highest BCUT2D eigenvalue weighted by Crippen LogP contribution is 2.27. The molecule has 0 bridgehead atoms. The molecule has 3 aromatic rings. The number of hydrogen-bond donors (Lipinski definition) is 1. The van der Waals surface area contributed by atoms with E-state index >= 15 is 0 Å². The predicted molar refractivity (Wildman–Crippen MR) is 82.9 cm³/mol. The summed E-state index contributed by atoms with van der Waals surface area (Å²) in [5, 5.41) is 10.3. The second kappa shape index (κ2) is 5.18. The third-order valence-electron chi connectivity index (χ3n) is 3.96. The number of aliphatic hydroxyl groups excluding tert-OH is 1. The molecular weight excluding hydrogens is 282 g/mol. The van der Waals surface area contributed by atoms with Gasteiger partial charge >= 0.3 is 0 Å². The standard InChI is InChI=1S/C16H15N3OS/c20-16-10-19(9-12-3-1-2-4-13(12)16)8-11-5-6-14-15(7-11)18-21-17-14/h1-7,16,20H,8-10H2/t16-/m1/s1. The maximum absolute atomic E-state index is 10.3. The first-order chi connectivity index (χ1) is 10.3. The van der Waals surface area contributed by atoms with E-state index in [2.05, 4.69) is 31.8 Å². The molecule has 106 valence electrons. The summed E-state index contributed by atoms with van der Waals surface area (Å²) in [6.07, 6.45) is -0.403. The highest BCUT2D eigenvalue weighted by atomic mass is 32.1. The van der Waals surface area contributed by atoms with Crippen molar-refractivity contribution in [2.24, 2.45) is 0 Å². The minimum absolute atomic E-state index is 0.403. The second-order valence-electron chi connectivity index (χ2n) is 5.47. The molecule has 5 heteroatoms. The van der Waals surface area contributed by atoms with Gasteiger partial charge in [0.1, 0.15) is 11.0 Å². The zero-order valence-corrected chi connectivity index (χ0v) is 12.3. The first-order valence-corrected chi connectivity index (χ1v) is 7.72. The number of nitrogens with zero attached hydrogens (tertiary/aromatic N) is 3. The van der Waals surface area contributed by atoms with Crippen LogP contribution in [0.25, 0.3) is 11.0 Å². The van der Waals surface area contributed by atoms with Gasteiger partial charge in [-0.2, -0.15) is 8.75 Å². The van der Waals surface area contributed by atoms with Crippen LogP contribution >= 0.6 is 11.7 Å². The van der Waals surface area contributed by atoms with E-state index in [1.165, 1.54) is 22.9 Å². The maximum atomic E-state index is 10.3. The van der Waals surface area contributed by atoms with Gasteiger partial charge in [0.25, 0.3) is 0 Å². The Hall–Kier alpha value is -1.82. The largest absolute Gasteiger partial charge is 0.387 e. The number of aromatic nitrogens is 2. The van der Waals surface area contributed by atoms with Gasteiger partial charge in [-0.1, -0.05) is 30.3 Å². The van der Waals surface area contributed by atoms with Crippen molar-refractivity contribution in [2.45, 2.75) is 19.2 Å². The summed E-state index contributed by atoms with van der Waals surface area (Å²) in [5.74, 6) is 0. The number of aliphatic hydroxyl groups is 1. The van der Waals surface area contributed by atoms with Crippen LogP contribution in [0.15, 0.2) is 42.5 Å². The molecule has 0 fully saturated rings. The summed E-state index contributed by atoms with van der Waals surface area (Å²) in [6, 6.07) is 14.3. The van der Waals surface area contributed by atoms with Crippen LogP contribution in [-0.4, -0.2) is 25.3 Å². The van der Waals surface area contributed by atoms with Crippen molar-refractivity contribution in [3.8, 4) is 0 Å². The molecule has 0 amide bonds. The molecule has 4 rings (SSSR count). The molecule has 1 aliphatic heterocycles. The Morgan fingerprint density at radius 1 is 1.14 bits per heavy atom. The van der Waals surface area contributed by atoms with Crippen LogP contribution in [0.4, 0.5) is 0 Å². The lowest BCUT2D eigenvalue weighted by atomic mass is 9.97. The lowest BCUT2D eigenvalue weighted by Gasteiger charge is -2.32. The Morgan fingerprint density at radius 2 is 2.00 bits per heavy atom. The van der Waals surface area contributed by atoms with Crippen LogP contribution in [0.1, 0.15) is 22.8 Å². The summed E-state index contributed by atoms with van der Waals surface area (Å²) < 4.78 is 8.51. The SMILES string of the molecule is O[C@@H]1CN(Cc2ccc3nsnc3c2)Cc2ccccc21. The highest BCUT2D eigenvalue weighted by molar-refractivity contribution is 7.00. The van der Waals surface area contributed by atoms with E-state index in [1.54, 1.807) is 0 Å². The summed E-state index contributed by atoms with van der Waals surface area (Å²) >= 11 is 1.25. The summed E-state index contributed by atoms with van der Waals surface area (Å²) in [7, 11) is 0. The zero-order valence-electron chi connectivity index (χ0n) is 11.4. The molecule has 4 nitrogen and oxygen atoms in total. The van der Waals surface area contributed by atoms with Gasteiger partial charge in [0, 0.05) is 19.6 Å². The van der Waals surface area contributed by atoms with Crippen LogP contribution in [0.5, 0.6) is 0 Å². The Labute approximate surface area is 127 Å². The Bertz CT molecular complexity index is 786. The molecule has 0 radical (unpaired) electrons. The van der Waals surface area contributed by atoms with Gasteiger partial charge < -0.3 is 5.11 Å². The Balaban J connectivity index is 1.58. The molecular formula is C16H15N3OS. The number of benzene rings is 2. The Morgan fingerprint density at radius 3 is 2.95 bits per heavy atom. The molecule has 2 aromatic carbocycles. The quantitative estimate of drug-likeness (QED) is 0.790. The topological polar surface area (TPSA) is 49.2 Å². The summed E-state index contributed by atoms with van der Waals surface area (Å²) in [4.78, 5) is 2.27. The van der Waals surface area contributed by atoms with Crippen molar-refractivity contribution in [3.63, 3.8) is 0 Å². The van der Waals surface area contributed by atoms with Crippen LogP contribution in [0.2, 0.25) is 0 Å². The van der Waals surface area contributed by atoms with Crippen LogP contribution in [0.3, 0.4) is 0 Å². The number of rotatable bonds is 2. The van der Waals surface area contributed by atoms with E-state index < -0.39 is 6.10 Å². The first-order valence-electron chi connectivity index (χ1n) is 6.99. The third-order valence-corrected chi connectivity index (χ3v) is 4.52. The van der Waals surface area contributed by atoms with E-state index in [4.69, 9.17) is 0 Å². The first kappa shape index (κ1) is 12.9. The number of fused-ring (bicyclic) bond motifs is 2. The fraction of sp³-hybridized carbons (Fsp3) is 0.250. The molecule has 0 saturated heterocycles. The molecule has 0 spiro atoms. The normalized spacial score (nSPS) is 18.8. The van der Waals surface area contributed by atoms with Crippen LogP contribution < -0.4 is 0 Å². The van der Waals surface area contributed by atoms with E-state index in [9.17, 15) is 5.11 Å². The second-order valence-corrected chi connectivity index (χ2v) is 6.00. The third kappa shape index (κ3) is 2.44. The fourth-order valence-electron chi connectivity index (χ4n) is 2.96. The van der Waals surface area contributed by atoms with Crippen molar-refractivity contribution in [1.82, 2.24) is 13.6 Å². The Kier molecular flexibility index (Phi) is 3.18. The fourth-order valence-corrected chi connectivity index (χ4v) is 3.47. The highest BCUT2D eigenvalue weighted by Gasteiger charge is 2.23. The molecule has 21 heavy (non-hydrogen) atoms.